The van der Waals surface area contributed by atoms with Gasteiger partial charge in [-0.25, -0.2) is 4.39 Å². The summed E-state index contributed by atoms with van der Waals surface area (Å²) in [6, 6.07) is 5.99. The SMILES string of the molecule is CNCC(C)C(=O)N1CCCC(c2nc(-c3ccc(F)cc3)no2)C1.Cl. The van der Waals surface area contributed by atoms with Crippen LogP contribution < -0.4 is 5.32 Å². The van der Waals surface area contributed by atoms with Gasteiger partial charge in [0, 0.05) is 31.1 Å². The van der Waals surface area contributed by atoms with E-state index >= 15 is 0 Å². The summed E-state index contributed by atoms with van der Waals surface area (Å²) in [4.78, 5) is 18.9. The Labute approximate surface area is 158 Å². The third-order valence-corrected chi connectivity index (χ3v) is 4.56. The van der Waals surface area contributed by atoms with Gasteiger partial charge in [-0.05, 0) is 44.2 Å². The van der Waals surface area contributed by atoms with Crippen LogP contribution in [0.5, 0.6) is 0 Å². The molecule has 0 radical (unpaired) electrons. The molecule has 2 atom stereocenters. The number of carbonyl (C=O) groups excluding carboxylic acids is 1. The van der Waals surface area contributed by atoms with E-state index in [1.807, 2.05) is 18.9 Å². The zero-order valence-electron chi connectivity index (χ0n) is 14.9. The fourth-order valence-corrected chi connectivity index (χ4v) is 3.20. The molecular weight excluding hydrogens is 359 g/mol. The molecule has 2 heterocycles. The molecular formula is C18H24ClFN4O2. The number of piperidine rings is 1. The number of carbonyl (C=O) groups is 1. The maximum Gasteiger partial charge on any atom is 0.231 e. The van der Waals surface area contributed by atoms with E-state index < -0.39 is 0 Å². The third kappa shape index (κ3) is 4.59. The first-order valence-corrected chi connectivity index (χ1v) is 8.61. The van der Waals surface area contributed by atoms with Gasteiger partial charge >= 0.3 is 0 Å². The summed E-state index contributed by atoms with van der Waals surface area (Å²) >= 11 is 0. The van der Waals surface area contributed by atoms with Gasteiger partial charge in [0.15, 0.2) is 0 Å². The van der Waals surface area contributed by atoms with Gasteiger partial charge in [-0.15, -0.1) is 12.4 Å². The van der Waals surface area contributed by atoms with E-state index in [9.17, 15) is 9.18 Å². The van der Waals surface area contributed by atoms with Gasteiger partial charge in [0.25, 0.3) is 0 Å². The smallest absolute Gasteiger partial charge is 0.231 e. The molecule has 142 valence electrons. The number of aromatic nitrogens is 2. The summed E-state index contributed by atoms with van der Waals surface area (Å²) in [5.74, 6) is 0.824. The van der Waals surface area contributed by atoms with E-state index in [1.165, 1.54) is 12.1 Å². The molecule has 2 aromatic rings. The largest absolute Gasteiger partial charge is 0.342 e. The van der Waals surface area contributed by atoms with Gasteiger partial charge in [-0.3, -0.25) is 4.79 Å². The standard InChI is InChI=1S/C18H23FN4O2.ClH/c1-12(10-20-2)18(24)23-9-3-4-14(11-23)17-21-16(22-25-17)13-5-7-15(19)8-6-13;/h5-8,12,14,20H,3-4,9-11H2,1-2H3;1H. The Hall–Kier alpha value is -1.99. The number of halogens is 2. The molecule has 1 amide bonds. The zero-order chi connectivity index (χ0) is 17.8. The number of hydrogen-bond donors (Lipinski definition) is 1. The molecule has 2 unspecified atom stereocenters. The molecule has 1 aromatic carbocycles. The second kappa shape index (κ2) is 9.09. The second-order valence-electron chi connectivity index (χ2n) is 6.55. The van der Waals surface area contributed by atoms with Crippen LogP contribution in [0.2, 0.25) is 0 Å². The summed E-state index contributed by atoms with van der Waals surface area (Å²) in [5, 5.41) is 7.04. The molecule has 1 N–H and O–H groups in total. The highest BCUT2D eigenvalue weighted by Crippen LogP contribution is 2.28. The normalized spacial score (nSPS) is 18.3. The minimum atomic E-state index is -0.301. The number of nitrogens with one attached hydrogen (secondary N) is 1. The minimum Gasteiger partial charge on any atom is -0.342 e. The Morgan fingerprint density at radius 2 is 2.15 bits per heavy atom. The predicted molar refractivity (Wildman–Crippen MR) is 98.6 cm³/mol. The molecule has 1 saturated heterocycles. The molecule has 8 heteroatoms. The Morgan fingerprint density at radius 3 is 2.85 bits per heavy atom. The molecule has 1 fully saturated rings. The van der Waals surface area contributed by atoms with Crippen LogP contribution in [0, 0.1) is 11.7 Å². The quantitative estimate of drug-likeness (QED) is 0.860. The highest BCUT2D eigenvalue weighted by atomic mass is 35.5. The summed E-state index contributed by atoms with van der Waals surface area (Å²) in [6.45, 7) is 3.96. The summed E-state index contributed by atoms with van der Waals surface area (Å²) in [7, 11) is 1.85. The highest BCUT2D eigenvalue weighted by Gasteiger charge is 2.30. The fourth-order valence-electron chi connectivity index (χ4n) is 3.20. The maximum absolute atomic E-state index is 13.0. The topological polar surface area (TPSA) is 71.3 Å². The van der Waals surface area contributed by atoms with Gasteiger partial charge in [0.05, 0.1) is 5.92 Å². The van der Waals surface area contributed by atoms with Crippen LogP contribution in [0.15, 0.2) is 28.8 Å². The van der Waals surface area contributed by atoms with Gasteiger partial charge in [-0.2, -0.15) is 4.98 Å². The van der Waals surface area contributed by atoms with E-state index in [-0.39, 0.29) is 36.0 Å². The lowest BCUT2D eigenvalue weighted by Crippen LogP contribution is -2.43. The van der Waals surface area contributed by atoms with Gasteiger partial charge in [0.1, 0.15) is 5.82 Å². The van der Waals surface area contributed by atoms with Gasteiger partial charge < -0.3 is 14.7 Å². The number of nitrogens with zero attached hydrogens (tertiary/aromatic N) is 3. The molecule has 1 aromatic heterocycles. The van der Waals surface area contributed by atoms with Crippen LogP contribution in [0.3, 0.4) is 0 Å². The van der Waals surface area contributed by atoms with Crippen LogP contribution in [0.4, 0.5) is 4.39 Å². The van der Waals surface area contributed by atoms with Crippen molar-refractivity contribution in [2.24, 2.45) is 5.92 Å². The van der Waals surface area contributed by atoms with Crippen molar-refractivity contribution in [2.75, 3.05) is 26.7 Å². The Balaban J connectivity index is 0.00000243. The molecule has 26 heavy (non-hydrogen) atoms. The third-order valence-electron chi connectivity index (χ3n) is 4.56. The summed E-state index contributed by atoms with van der Waals surface area (Å²) in [5.41, 5.74) is 0.711. The van der Waals surface area contributed by atoms with Crippen molar-refractivity contribution in [1.29, 1.82) is 0 Å². The Kier molecular flexibility index (Phi) is 7.11. The molecule has 6 nitrogen and oxygen atoms in total. The number of hydrogen-bond acceptors (Lipinski definition) is 5. The van der Waals surface area contributed by atoms with E-state index in [1.54, 1.807) is 12.1 Å². The van der Waals surface area contributed by atoms with Crippen LogP contribution in [0.1, 0.15) is 31.6 Å². The second-order valence-corrected chi connectivity index (χ2v) is 6.55. The van der Waals surface area contributed by atoms with E-state index in [0.717, 1.165) is 19.4 Å². The minimum absolute atomic E-state index is 0. The first kappa shape index (κ1) is 20.3. The van der Waals surface area contributed by atoms with Crippen LogP contribution in [0.25, 0.3) is 11.4 Å². The maximum atomic E-state index is 13.0. The van der Waals surface area contributed by atoms with Crippen molar-refractivity contribution in [3.8, 4) is 11.4 Å². The molecule has 0 saturated carbocycles. The van der Waals surface area contributed by atoms with Crippen molar-refractivity contribution in [3.63, 3.8) is 0 Å². The number of benzene rings is 1. The molecule has 0 aliphatic carbocycles. The number of rotatable bonds is 5. The molecule has 1 aliphatic heterocycles. The van der Waals surface area contributed by atoms with Crippen molar-refractivity contribution >= 4 is 18.3 Å². The molecule has 0 spiro atoms. The lowest BCUT2D eigenvalue weighted by atomic mass is 9.96. The van der Waals surface area contributed by atoms with Crippen molar-refractivity contribution in [1.82, 2.24) is 20.4 Å². The van der Waals surface area contributed by atoms with Crippen LogP contribution in [-0.4, -0.2) is 47.6 Å². The Bertz CT molecular complexity index is 722. The van der Waals surface area contributed by atoms with Gasteiger partial charge in [-0.1, -0.05) is 12.1 Å². The summed E-state index contributed by atoms with van der Waals surface area (Å²) < 4.78 is 18.5. The van der Waals surface area contributed by atoms with Crippen LogP contribution in [-0.2, 0) is 4.79 Å². The molecule has 0 bridgehead atoms. The van der Waals surface area contributed by atoms with Crippen molar-refractivity contribution in [3.05, 3.63) is 36.0 Å². The lowest BCUT2D eigenvalue weighted by Gasteiger charge is -2.32. The van der Waals surface area contributed by atoms with E-state index in [0.29, 0.717) is 30.4 Å². The average molecular weight is 383 g/mol. The summed E-state index contributed by atoms with van der Waals surface area (Å²) in [6.07, 6.45) is 1.83. The van der Waals surface area contributed by atoms with E-state index in [4.69, 9.17) is 4.52 Å². The fraction of sp³-hybridized carbons (Fsp3) is 0.500. The lowest BCUT2D eigenvalue weighted by molar-refractivity contribution is -0.136. The zero-order valence-corrected chi connectivity index (χ0v) is 15.8. The van der Waals surface area contributed by atoms with E-state index in [2.05, 4.69) is 15.5 Å². The predicted octanol–water partition coefficient (Wildman–Crippen LogP) is 2.86. The molecule has 3 rings (SSSR count). The highest BCUT2D eigenvalue weighted by molar-refractivity contribution is 5.85. The first-order chi connectivity index (χ1) is 12.1. The molecule has 1 aliphatic rings. The Morgan fingerprint density at radius 1 is 1.42 bits per heavy atom. The average Bonchev–Trinajstić information content (AvgIpc) is 3.12. The first-order valence-electron chi connectivity index (χ1n) is 8.61. The van der Waals surface area contributed by atoms with Crippen LogP contribution >= 0.6 is 12.4 Å². The monoisotopic (exact) mass is 382 g/mol. The van der Waals surface area contributed by atoms with Crippen molar-refractivity contribution in [2.45, 2.75) is 25.7 Å². The number of likely N-dealkylation sites (tertiary alicyclic amines) is 1. The van der Waals surface area contributed by atoms with Crippen molar-refractivity contribution < 1.29 is 13.7 Å². The number of amides is 1. The van der Waals surface area contributed by atoms with Gasteiger partial charge in [0.2, 0.25) is 17.6 Å².